The molecule has 0 spiro atoms. The van der Waals surface area contributed by atoms with E-state index in [0.29, 0.717) is 6.54 Å². The summed E-state index contributed by atoms with van der Waals surface area (Å²) in [5.41, 5.74) is 3.21. The molecule has 0 bridgehead atoms. The van der Waals surface area contributed by atoms with Gasteiger partial charge in [-0.25, -0.2) is 4.98 Å². The highest BCUT2D eigenvalue weighted by Gasteiger charge is 2.17. The molecule has 1 aliphatic carbocycles. The number of hydrogen-bond donors (Lipinski definition) is 0. The Bertz CT molecular complexity index is 580. The van der Waals surface area contributed by atoms with Crippen molar-refractivity contribution in [3.05, 3.63) is 41.7 Å². The number of rotatable bonds is 3. The van der Waals surface area contributed by atoms with Crippen LogP contribution >= 0.6 is 0 Å². The Kier molecular flexibility index (Phi) is 2.78. The van der Waals surface area contributed by atoms with Crippen LogP contribution in [0.2, 0.25) is 0 Å². The quantitative estimate of drug-likeness (QED) is 0.773. The van der Waals surface area contributed by atoms with Crippen LogP contribution in [0.25, 0.3) is 0 Å². The highest BCUT2D eigenvalue weighted by atomic mass is 16.1. The van der Waals surface area contributed by atoms with Gasteiger partial charge in [-0.1, -0.05) is 0 Å². The van der Waals surface area contributed by atoms with Crippen molar-refractivity contribution in [3.8, 4) is 0 Å². The summed E-state index contributed by atoms with van der Waals surface area (Å²) in [6.45, 7) is 0.409. The van der Waals surface area contributed by atoms with E-state index in [9.17, 15) is 4.79 Å². The summed E-state index contributed by atoms with van der Waals surface area (Å²) in [5, 5.41) is 0. The van der Waals surface area contributed by atoms with Crippen LogP contribution in [0.5, 0.6) is 0 Å². The van der Waals surface area contributed by atoms with Gasteiger partial charge in [0.1, 0.15) is 0 Å². The molecule has 0 fully saturated rings. The molecule has 2 aromatic heterocycles. The minimum Gasteiger partial charge on any atom is -0.357 e. The largest absolute Gasteiger partial charge is 0.357 e. The molecule has 4 nitrogen and oxygen atoms in total. The zero-order valence-electron chi connectivity index (χ0n) is 10.6. The van der Waals surface area contributed by atoms with Crippen molar-refractivity contribution in [1.82, 2.24) is 14.1 Å². The van der Waals surface area contributed by atoms with E-state index >= 15 is 0 Å². The Balaban J connectivity index is 1.80. The maximum absolute atomic E-state index is 12.1. The molecule has 0 N–H and O–H groups in total. The molecule has 0 aromatic carbocycles. The number of fused-ring (bicyclic) bond motifs is 1. The van der Waals surface area contributed by atoms with Gasteiger partial charge < -0.3 is 9.13 Å². The molecule has 0 unspecified atom stereocenters. The normalized spacial score (nSPS) is 14.5. The summed E-state index contributed by atoms with van der Waals surface area (Å²) in [7, 11) is 1.93. The minimum absolute atomic E-state index is 0.154. The van der Waals surface area contributed by atoms with E-state index in [-0.39, 0.29) is 5.78 Å². The van der Waals surface area contributed by atoms with Crippen LogP contribution in [-0.2, 0) is 26.4 Å². The van der Waals surface area contributed by atoms with E-state index in [0.717, 1.165) is 18.4 Å². The van der Waals surface area contributed by atoms with Gasteiger partial charge in [0.05, 0.1) is 18.6 Å². The van der Waals surface area contributed by atoms with Crippen molar-refractivity contribution in [2.24, 2.45) is 7.05 Å². The number of carbonyl (C=O) groups is 1. The molecule has 0 aliphatic heterocycles. The lowest BCUT2D eigenvalue weighted by Crippen LogP contribution is -2.14. The Morgan fingerprint density at radius 1 is 1.39 bits per heavy atom. The maximum Gasteiger partial charge on any atom is 0.184 e. The SMILES string of the molecule is Cn1ccc(C(=O)Cn2cnc3c2CCCC3)c1. The van der Waals surface area contributed by atoms with Crippen LogP contribution in [0, 0.1) is 0 Å². The molecule has 18 heavy (non-hydrogen) atoms. The van der Waals surface area contributed by atoms with Crippen molar-refractivity contribution >= 4 is 5.78 Å². The average Bonchev–Trinajstić information content (AvgIpc) is 2.97. The lowest BCUT2D eigenvalue weighted by Gasteiger charge is -2.13. The Hall–Kier alpha value is -1.84. The van der Waals surface area contributed by atoms with Gasteiger partial charge in [0.25, 0.3) is 0 Å². The summed E-state index contributed by atoms with van der Waals surface area (Å²) >= 11 is 0. The van der Waals surface area contributed by atoms with E-state index in [1.807, 2.05) is 41.0 Å². The molecule has 2 aromatic rings. The van der Waals surface area contributed by atoms with E-state index in [1.165, 1.54) is 24.2 Å². The molecule has 4 heteroatoms. The van der Waals surface area contributed by atoms with Gasteiger partial charge in [0.15, 0.2) is 5.78 Å². The first kappa shape index (κ1) is 11.3. The summed E-state index contributed by atoms with van der Waals surface area (Å²) in [6.07, 6.45) is 10.1. The van der Waals surface area contributed by atoms with Crippen LogP contribution in [0.1, 0.15) is 34.6 Å². The second-order valence-electron chi connectivity index (χ2n) is 4.96. The molecule has 0 saturated carbocycles. The third-order valence-electron chi connectivity index (χ3n) is 3.58. The number of aryl methyl sites for hydroxylation is 2. The van der Waals surface area contributed by atoms with E-state index in [4.69, 9.17) is 0 Å². The number of Topliss-reactive ketones (excluding diaryl/α,β-unsaturated/α-hetero) is 1. The van der Waals surface area contributed by atoms with Crippen LogP contribution in [0.3, 0.4) is 0 Å². The summed E-state index contributed by atoms with van der Waals surface area (Å²) in [5.74, 6) is 0.154. The monoisotopic (exact) mass is 243 g/mol. The van der Waals surface area contributed by atoms with E-state index in [1.54, 1.807) is 0 Å². The van der Waals surface area contributed by atoms with Crippen LogP contribution in [-0.4, -0.2) is 19.9 Å². The standard InChI is InChI=1S/C14H17N3O/c1-16-7-6-11(8-16)14(18)9-17-10-15-12-4-2-3-5-13(12)17/h6-8,10H,2-5,9H2,1H3. The zero-order valence-corrected chi connectivity index (χ0v) is 10.6. The van der Waals surface area contributed by atoms with Gasteiger partial charge in [-0.3, -0.25) is 4.79 Å². The zero-order chi connectivity index (χ0) is 12.5. The predicted molar refractivity (Wildman–Crippen MR) is 68.6 cm³/mol. The fraction of sp³-hybridized carbons (Fsp3) is 0.429. The number of nitrogens with zero attached hydrogens (tertiary/aromatic N) is 3. The smallest absolute Gasteiger partial charge is 0.184 e. The molecule has 94 valence electrons. The molecular weight excluding hydrogens is 226 g/mol. The molecule has 3 rings (SSSR count). The number of hydrogen-bond acceptors (Lipinski definition) is 2. The fourth-order valence-electron chi connectivity index (χ4n) is 2.58. The Morgan fingerprint density at radius 2 is 2.22 bits per heavy atom. The van der Waals surface area contributed by atoms with Crippen molar-refractivity contribution in [3.63, 3.8) is 0 Å². The summed E-state index contributed by atoms with van der Waals surface area (Å²) in [4.78, 5) is 16.6. The highest BCUT2D eigenvalue weighted by molar-refractivity contribution is 5.95. The van der Waals surface area contributed by atoms with Crippen molar-refractivity contribution in [2.75, 3.05) is 0 Å². The topological polar surface area (TPSA) is 39.8 Å². The van der Waals surface area contributed by atoms with E-state index in [2.05, 4.69) is 4.98 Å². The number of imidazole rings is 1. The van der Waals surface area contributed by atoms with Crippen LogP contribution in [0.15, 0.2) is 24.8 Å². The lowest BCUT2D eigenvalue weighted by atomic mass is 10.0. The predicted octanol–water partition coefficient (Wildman–Crippen LogP) is 1.98. The maximum atomic E-state index is 12.1. The average molecular weight is 243 g/mol. The first-order valence-electron chi connectivity index (χ1n) is 6.42. The fourth-order valence-corrected chi connectivity index (χ4v) is 2.58. The van der Waals surface area contributed by atoms with Gasteiger partial charge in [-0.2, -0.15) is 0 Å². The Labute approximate surface area is 106 Å². The number of ketones is 1. The number of carbonyl (C=O) groups excluding carboxylic acids is 1. The molecule has 0 saturated heterocycles. The lowest BCUT2D eigenvalue weighted by molar-refractivity contribution is 0.0971. The van der Waals surface area contributed by atoms with Gasteiger partial charge in [-0.15, -0.1) is 0 Å². The molecule has 0 radical (unpaired) electrons. The second-order valence-corrected chi connectivity index (χ2v) is 4.96. The number of aromatic nitrogens is 3. The molecule has 0 amide bonds. The third kappa shape index (κ3) is 1.98. The summed E-state index contributed by atoms with van der Waals surface area (Å²) in [6, 6.07) is 1.87. The van der Waals surface area contributed by atoms with E-state index < -0.39 is 0 Å². The van der Waals surface area contributed by atoms with Gasteiger partial charge in [0, 0.05) is 30.7 Å². The van der Waals surface area contributed by atoms with Crippen molar-refractivity contribution < 1.29 is 4.79 Å². The van der Waals surface area contributed by atoms with Gasteiger partial charge in [-0.05, 0) is 31.7 Å². The summed E-state index contributed by atoms with van der Waals surface area (Å²) < 4.78 is 3.92. The van der Waals surface area contributed by atoms with Crippen molar-refractivity contribution in [2.45, 2.75) is 32.2 Å². The minimum atomic E-state index is 0.154. The highest BCUT2D eigenvalue weighted by Crippen LogP contribution is 2.20. The molecule has 0 atom stereocenters. The Morgan fingerprint density at radius 3 is 3.00 bits per heavy atom. The van der Waals surface area contributed by atoms with Crippen LogP contribution < -0.4 is 0 Å². The van der Waals surface area contributed by atoms with Gasteiger partial charge >= 0.3 is 0 Å². The van der Waals surface area contributed by atoms with Crippen molar-refractivity contribution in [1.29, 1.82) is 0 Å². The third-order valence-corrected chi connectivity index (χ3v) is 3.58. The molecular formula is C14H17N3O. The second kappa shape index (κ2) is 4.44. The van der Waals surface area contributed by atoms with Crippen LogP contribution in [0.4, 0.5) is 0 Å². The first-order chi connectivity index (χ1) is 8.74. The first-order valence-corrected chi connectivity index (χ1v) is 6.42. The van der Waals surface area contributed by atoms with Gasteiger partial charge in [0.2, 0.25) is 0 Å². The molecule has 2 heterocycles. The molecule has 1 aliphatic rings.